The van der Waals surface area contributed by atoms with Crippen molar-refractivity contribution in [3.8, 4) is 0 Å². The van der Waals surface area contributed by atoms with Crippen LogP contribution in [0.1, 0.15) is 30.1 Å². The van der Waals surface area contributed by atoms with E-state index in [0.717, 1.165) is 17.3 Å². The molecular weight excluding hydrogens is 294 g/mol. The molecule has 1 saturated carbocycles. The fourth-order valence-corrected chi connectivity index (χ4v) is 3.70. The molecule has 0 aromatic carbocycles. The van der Waals surface area contributed by atoms with Gasteiger partial charge in [0.25, 0.3) is 15.0 Å². The monoisotopic (exact) mass is 307 g/mol. The van der Waals surface area contributed by atoms with E-state index < -0.39 is 9.05 Å². The first-order valence-corrected chi connectivity index (χ1v) is 8.88. The van der Waals surface area contributed by atoms with E-state index in [4.69, 9.17) is 10.7 Å². The minimum atomic E-state index is -3.74. The Hall–Kier alpha value is -0.590. The molecule has 4 nitrogen and oxygen atoms in total. The Morgan fingerprint density at radius 2 is 2.28 bits per heavy atom. The Labute approximate surface area is 115 Å². The Balaban J connectivity index is 1.94. The van der Waals surface area contributed by atoms with Gasteiger partial charge in [-0.2, -0.15) is 0 Å². The lowest BCUT2D eigenvalue weighted by atomic mass is 10.1. The number of rotatable bonds is 5. The van der Waals surface area contributed by atoms with Crippen LogP contribution in [0.15, 0.2) is 15.7 Å². The van der Waals surface area contributed by atoms with Crippen molar-refractivity contribution < 1.29 is 13.2 Å². The zero-order valence-electron chi connectivity index (χ0n) is 9.85. The molecule has 18 heavy (non-hydrogen) atoms. The van der Waals surface area contributed by atoms with E-state index in [1.165, 1.54) is 24.3 Å². The zero-order valence-corrected chi connectivity index (χ0v) is 12.2. The minimum Gasteiger partial charge on any atom is -0.352 e. The lowest BCUT2D eigenvalue weighted by molar-refractivity contribution is 0.0947. The van der Waals surface area contributed by atoms with Gasteiger partial charge in [-0.15, -0.1) is 11.3 Å². The van der Waals surface area contributed by atoms with Gasteiger partial charge in [-0.25, -0.2) is 8.42 Å². The first kappa shape index (κ1) is 13.8. The number of hydrogen-bond donors (Lipinski definition) is 1. The Morgan fingerprint density at radius 3 is 2.78 bits per heavy atom. The first-order valence-electron chi connectivity index (χ1n) is 5.69. The maximum absolute atomic E-state index is 11.8. The molecule has 1 unspecified atom stereocenters. The maximum atomic E-state index is 11.8. The van der Waals surface area contributed by atoms with Gasteiger partial charge in [0, 0.05) is 22.6 Å². The summed E-state index contributed by atoms with van der Waals surface area (Å²) in [5, 5.41) is 4.32. The number of halogens is 1. The molecule has 100 valence electrons. The van der Waals surface area contributed by atoms with Crippen LogP contribution in [0.3, 0.4) is 0 Å². The van der Waals surface area contributed by atoms with Crippen LogP contribution in [0, 0.1) is 11.8 Å². The van der Waals surface area contributed by atoms with E-state index in [0.29, 0.717) is 18.0 Å². The molecule has 1 aliphatic carbocycles. The molecule has 0 radical (unpaired) electrons. The lowest BCUT2D eigenvalue weighted by Crippen LogP contribution is -2.28. The fourth-order valence-electron chi connectivity index (χ4n) is 1.75. The molecule has 1 aromatic heterocycles. The molecule has 2 rings (SSSR count). The van der Waals surface area contributed by atoms with Gasteiger partial charge in [0.15, 0.2) is 0 Å². The van der Waals surface area contributed by atoms with Crippen LogP contribution in [0.5, 0.6) is 0 Å². The van der Waals surface area contributed by atoms with Crippen molar-refractivity contribution >= 4 is 37.0 Å². The van der Waals surface area contributed by atoms with Gasteiger partial charge < -0.3 is 5.32 Å². The highest BCUT2D eigenvalue weighted by Gasteiger charge is 2.28. The summed E-state index contributed by atoms with van der Waals surface area (Å²) in [6.07, 6.45) is 2.48. The van der Waals surface area contributed by atoms with Crippen LogP contribution >= 0.6 is 22.0 Å². The Morgan fingerprint density at radius 1 is 1.61 bits per heavy atom. The maximum Gasteiger partial charge on any atom is 0.270 e. The lowest BCUT2D eigenvalue weighted by Gasteiger charge is -2.10. The summed E-state index contributed by atoms with van der Waals surface area (Å²) in [4.78, 5) is 11.8. The molecule has 0 saturated heterocycles. The third-order valence-corrected chi connectivity index (χ3v) is 6.13. The van der Waals surface area contributed by atoms with E-state index in [1.54, 1.807) is 0 Å². The van der Waals surface area contributed by atoms with Crippen molar-refractivity contribution in [3.63, 3.8) is 0 Å². The topological polar surface area (TPSA) is 63.2 Å². The highest BCUT2D eigenvalue weighted by molar-refractivity contribution is 8.15. The summed E-state index contributed by atoms with van der Waals surface area (Å²) in [7, 11) is 1.47. The molecular formula is C11H14ClNO3S2. The van der Waals surface area contributed by atoms with Gasteiger partial charge in [0.2, 0.25) is 0 Å². The molecule has 0 aliphatic heterocycles. The fraction of sp³-hybridized carbons (Fsp3) is 0.545. The average molecular weight is 308 g/mol. The molecule has 1 fully saturated rings. The second-order valence-electron chi connectivity index (χ2n) is 4.62. The second-order valence-corrected chi connectivity index (χ2v) is 8.32. The van der Waals surface area contributed by atoms with Crippen molar-refractivity contribution in [2.45, 2.75) is 24.0 Å². The van der Waals surface area contributed by atoms with E-state index in [1.807, 2.05) is 0 Å². The van der Waals surface area contributed by atoms with E-state index in [9.17, 15) is 13.2 Å². The van der Waals surface area contributed by atoms with Gasteiger partial charge in [0.1, 0.15) is 4.21 Å². The van der Waals surface area contributed by atoms with Gasteiger partial charge >= 0.3 is 0 Å². The van der Waals surface area contributed by atoms with Crippen LogP contribution in [0.2, 0.25) is 0 Å². The summed E-state index contributed by atoms with van der Waals surface area (Å²) in [5.74, 6) is 0.959. The molecule has 1 aliphatic rings. The molecule has 0 bridgehead atoms. The molecule has 1 amide bonds. The number of amides is 1. The molecule has 7 heteroatoms. The van der Waals surface area contributed by atoms with Gasteiger partial charge in [-0.1, -0.05) is 6.92 Å². The number of hydrogen-bond acceptors (Lipinski definition) is 4. The van der Waals surface area contributed by atoms with Crippen molar-refractivity contribution in [2.24, 2.45) is 11.8 Å². The Kier molecular flexibility index (Phi) is 3.99. The third kappa shape index (κ3) is 3.46. The largest absolute Gasteiger partial charge is 0.352 e. The van der Waals surface area contributed by atoms with Gasteiger partial charge in [-0.3, -0.25) is 4.79 Å². The van der Waals surface area contributed by atoms with Crippen molar-refractivity contribution in [2.75, 3.05) is 6.54 Å². The van der Waals surface area contributed by atoms with Crippen molar-refractivity contribution in [1.29, 1.82) is 0 Å². The predicted molar refractivity (Wildman–Crippen MR) is 71.6 cm³/mol. The summed E-state index contributed by atoms with van der Waals surface area (Å²) >= 11 is 0.957. The highest BCUT2D eigenvalue weighted by atomic mass is 35.7. The number of thiophene rings is 1. The number of nitrogens with one attached hydrogen (secondary N) is 1. The zero-order chi connectivity index (χ0) is 13.3. The van der Waals surface area contributed by atoms with E-state index in [-0.39, 0.29) is 10.1 Å². The standard InChI is InChI=1S/C11H14ClNO3S2/c1-7(8-2-3-8)5-13-11(14)9-4-10(17-6-9)18(12,15)16/h4,6-8H,2-3,5H2,1H3,(H,13,14). The van der Waals surface area contributed by atoms with Crippen LogP contribution in [0.4, 0.5) is 0 Å². The molecule has 1 aromatic rings. The minimum absolute atomic E-state index is 0.00422. The third-order valence-electron chi connectivity index (χ3n) is 3.09. The summed E-state index contributed by atoms with van der Waals surface area (Å²) in [6, 6.07) is 1.31. The number of carbonyl (C=O) groups is 1. The average Bonchev–Trinajstić information content (AvgIpc) is 3.00. The van der Waals surface area contributed by atoms with E-state index in [2.05, 4.69) is 12.2 Å². The highest BCUT2D eigenvalue weighted by Crippen LogP contribution is 2.36. The Bertz CT molecular complexity index is 548. The van der Waals surface area contributed by atoms with Crippen LogP contribution in [0.25, 0.3) is 0 Å². The van der Waals surface area contributed by atoms with Crippen LogP contribution in [-0.4, -0.2) is 20.9 Å². The SMILES string of the molecule is CC(CNC(=O)c1csc(S(=O)(=O)Cl)c1)C1CC1. The van der Waals surface area contributed by atoms with E-state index >= 15 is 0 Å². The predicted octanol–water partition coefficient (Wildman–Crippen LogP) is 2.45. The van der Waals surface area contributed by atoms with Crippen LogP contribution < -0.4 is 5.32 Å². The molecule has 1 atom stereocenters. The molecule has 0 spiro atoms. The first-order chi connectivity index (χ1) is 8.38. The van der Waals surface area contributed by atoms with Gasteiger partial charge in [0.05, 0.1) is 5.56 Å². The van der Waals surface area contributed by atoms with Crippen molar-refractivity contribution in [3.05, 3.63) is 17.0 Å². The second kappa shape index (κ2) is 5.19. The quantitative estimate of drug-likeness (QED) is 0.850. The van der Waals surface area contributed by atoms with Crippen LogP contribution in [-0.2, 0) is 9.05 Å². The summed E-state index contributed by atoms with van der Waals surface area (Å²) < 4.78 is 22.2. The van der Waals surface area contributed by atoms with Gasteiger partial charge in [-0.05, 0) is 30.7 Å². The smallest absolute Gasteiger partial charge is 0.270 e. The van der Waals surface area contributed by atoms with Crippen molar-refractivity contribution in [1.82, 2.24) is 5.32 Å². The molecule has 1 N–H and O–H groups in total. The summed E-state index contributed by atoms with van der Waals surface area (Å²) in [6.45, 7) is 2.74. The normalized spacial score (nSPS) is 17.4. The molecule has 1 heterocycles. The summed E-state index contributed by atoms with van der Waals surface area (Å²) in [5.41, 5.74) is 0.349. The number of carbonyl (C=O) groups excluding carboxylic acids is 1.